The maximum Gasteiger partial charge on any atom is 0.241 e. The van der Waals surface area contributed by atoms with Gasteiger partial charge in [0.25, 0.3) is 0 Å². The fraction of sp³-hybridized carbons (Fsp3) is 0. The maximum absolute atomic E-state index is 11.7. The lowest BCUT2D eigenvalue weighted by Crippen LogP contribution is -2.26. The van der Waals surface area contributed by atoms with Crippen LogP contribution < -0.4 is 37.6 Å². The Labute approximate surface area is 301 Å². The van der Waals surface area contributed by atoms with Gasteiger partial charge in [-0.2, -0.15) is 0 Å². The number of rotatable bonds is 9. The summed E-state index contributed by atoms with van der Waals surface area (Å²) < 4.78 is 0. The van der Waals surface area contributed by atoms with Crippen molar-refractivity contribution in [3.63, 3.8) is 0 Å². The lowest BCUT2D eigenvalue weighted by Gasteiger charge is -2.28. The van der Waals surface area contributed by atoms with E-state index >= 15 is 0 Å². The van der Waals surface area contributed by atoms with Gasteiger partial charge < -0.3 is 5.73 Å². The lowest BCUT2D eigenvalue weighted by molar-refractivity contribution is -0.113. The minimum atomic E-state index is -0.950. The first-order chi connectivity index (χ1) is 25.2. The SMILES string of the molecule is NC(=O)C=Cc1ccc2c(-c3c(P(c4ccccc4)c4ccccc4)ccc4ccccc34)c(P(c3ccccc3)c3ccccc3)ccc2c1. The number of carbonyl (C=O) groups excluding carboxylic acids is 1. The van der Waals surface area contributed by atoms with Gasteiger partial charge in [0.2, 0.25) is 5.91 Å². The Morgan fingerprint density at radius 3 is 1.31 bits per heavy atom. The van der Waals surface area contributed by atoms with Gasteiger partial charge in [0.15, 0.2) is 0 Å². The molecule has 0 atom stereocenters. The second-order valence-electron chi connectivity index (χ2n) is 12.4. The van der Waals surface area contributed by atoms with Crippen molar-refractivity contribution < 1.29 is 4.79 Å². The fourth-order valence-corrected chi connectivity index (χ4v) is 11.9. The molecule has 0 bridgehead atoms. The van der Waals surface area contributed by atoms with Crippen molar-refractivity contribution in [2.75, 3.05) is 0 Å². The van der Waals surface area contributed by atoms with Crippen LogP contribution in [0, 0.1) is 0 Å². The quantitative estimate of drug-likeness (QED) is 0.120. The maximum atomic E-state index is 11.7. The summed E-state index contributed by atoms with van der Waals surface area (Å²) in [7, 11) is -1.88. The summed E-state index contributed by atoms with van der Waals surface area (Å²) in [6, 6.07) is 68.4. The largest absolute Gasteiger partial charge is 0.366 e. The van der Waals surface area contributed by atoms with Crippen molar-refractivity contribution in [2.24, 2.45) is 5.73 Å². The number of nitrogens with two attached hydrogens (primary N) is 1. The molecule has 0 aromatic heterocycles. The van der Waals surface area contributed by atoms with Crippen LogP contribution in [0.2, 0.25) is 0 Å². The Morgan fingerprint density at radius 1 is 0.431 bits per heavy atom. The molecule has 0 heterocycles. The molecule has 0 saturated carbocycles. The summed E-state index contributed by atoms with van der Waals surface area (Å²) in [5.74, 6) is -0.460. The van der Waals surface area contributed by atoms with E-state index in [0.717, 1.165) is 10.9 Å². The third-order valence-electron chi connectivity index (χ3n) is 9.16. The first kappa shape index (κ1) is 32.5. The minimum Gasteiger partial charge on any atom is -0.366 e. The molecule has 8 aromatic rings. The summed E-state index contributed by atoms with van der Waals surface area (Å²) in [6.45, 7) is 0. The van der Waals surface area contributed by atoms with Crippen LogP contribution in [0.1, 0.15) is 5.56 Å². The minimum absolute atomic E-state index is 0.460. The standard InChI is InChI=1S/C47H35NOP2/c48-45(49)32-26-34-25-29-42-36(33-34)28-31-44(51(39-20-9-3-10-21-39)40-22-11-4-12-23-40)47(42)46-41-24-14-13-15-35(41)27-30-43(46)50(37-16-5-1-6-17-37)38-18-7-2-8-19-38/h1-33H,(H2,48,49). The zero-order valence-electron chi connectivity index (χ0n) is 27.9. The predicted molar refractivity (Wildman–Crippen MR) is 223 cm³/mol. The van der Waals surface area contributed by atoms with Gasteiger partial charge in [0.05, 0.1) is 0 Å². The van der Waals surface area contributed by atoms with Crippen molar-refractivity contribution in [3.8, 4) is 11.1 Å². The zero-order valence-corrected chi connectivity index (χ0v) is 29.7. The Morgan fingerprint density at radius 2 is 0.843 bits per heavy atom. The van der Waals surface area contributed by atoms with Gasteiger partial charge in [-0.1, -0.05) is 182 Å². The van der Waals surface area contributed by atoms with E-state index in [-0.39, 0.29) is 0 Å². The number of fused-ring (bicyclic) bond motifs is 2. The van der Waals surface area contributed by atoms with Gasteiger partial charge in [-0.05, 0) is 98.0 Å². The first-order valence-corrected chi connectivity index (χ1v) is 19.7. The number of amides is 1. The molecule has 51 heavy (non-hydrogen) atoms. The number of carbonyl (C=O) groups is 1. The second-order valence-corrected chi connectivity index (χ2v) is 16.7. The Hall–Kier alpha value is -5.65. The third kappa shape index (κ3) is 6.65. The van der Waals surface area contributed by atoms with Gasteiger partial charge in [0.1, 0.15) is 0 Å². The monoisotopic (exact) mass is 691 g/mol. The van der Waals surface area contributed by atoms with E-state index in [1.807, 2.05) is 0 Å². The highest BCUT2D eigenvalue weighted by Crippen LogP contribution is 2.45. The summed E-state index contributed by atoms with van der Waals surface area (Å²) in [6.07, 6.45) is 3.22. The molecule has 8 rings (SSSR count). The zero-order chi connectivity index (χ0) is 34.6. The summed E-state index contributed by atoms with van der Waals surface area (Å²) in [4.78, 5) is 11.7. The van der Waals surface area contributed by atoms with Crippen LogP contribution in [-0.2, 0) is 4.79 Å². The molecule has 2 nitrogen and oxygen atoms in total. The molecule has 8 aromatic carbocycles. The fourth-order valence-electron chi connectivity index (χ4n) is 6.94. The van der Waals surface area contributed by atoms with Crippen LogP contribution in [0.5, 0.6) is 0 Å². The van der Waals surface area contributed by atoms with E-state index < -0.39 is 21.8 Å². The van der Waals surface area contributed by atoms with Crippen molar-refractivity contribution in [1.82, 2.24) is 0 Å². The Kier molecular flexibility index (Phi) is 9.37. The predicted octanol–water partition coefficient (Wildman–Crippen LogP) is 8.67. The number of hydrogen-bond acceptors (Lipinski definition) is 1. The normalized spacial score (nSPS) is 11.6. The van der Waals surface area contributed by atoms with Gasteiger partial charge in [-0.15, -0.1) is 0 Å². The van der Waals surface area contributed by atoms with Crippen molar-refractivity contribution >= 4 is 81.2 Å². The Balaban J connectivity index is 1.52. The first-order valence-electron chi connectivity index (χ1n) is 17.0. The van der Waals surface area contributed by atoms with Crippen LogP contribution in [0.3, 0.4) is 0 Å². The average molecular weight is 692 g/mol. The molecule has 4 heteroatoms. The van der Waals surface area contributed by atoms with Gasteiger partial charge >= 0.3 is 0 Å². The van der Waals surface area contributed by atoms with Crippen LogP contribution >= 0.6 is 15.8 Å². The summed E-state index contributed by atoms with van der Waals surface area (Å²) in [5, 5.41) is 12.6. The molecule has 244 valence electrons. The molecule has 0 spiro atoms. The van der Waals surface area contributed by atoms with Crippen molar-refractivity contribution in [3.05, 3.63) is 200 Å². The molecule has 0 aliphatic carbocycles. The topological polar surface area (TPSA) is 43.1 Å². The molecular weight excluding hydrogens is 656 g/mol. The van der Waals surface area contributed by atoms with Crippen LogP contribution in [0.25, 0.3) is 38.7 Å². The van der Waals surface area contributed by atoms with Gasteiger partial charge in [-0.25, -0.2) is 0 Å². The second kappa shape index (κ2) is 14.7. The van der Waals surface area contributed by atoms with E-state index in [1.165, 1.54) is 65.2 Å². The van der Waals surface area contributed by atoms with E-state index in [2.05, 4.69) is 188 Å². The van der Waals surface area contributed by atoms with Gasteiger partial charge in [-0.3, -0.25) is 4.79 Å². The van der Waals surface area contributed by atoms with Crippen LogP contribution in [-0.4, -0.2) is 5.91 Å². The lowest BCUT2D eigenvalue weighted by atomic mass is 9.93. The number of hydrogen-bond donors (Lipinski definition) is 1. The smallest absolute Gasteiger partial charge is 0.241 e. The highest BCUT2D eigenvalue weighted by Gasteiger charge is 2.28. The molecular formula is C47H35NOP2. The number of primary amides is 1. The van der Waals surface area contributed by atoms with Crippen molar-refractivity contribution in [2.45, 2.75) is 0 Å². The van der Waals surface area contributed by atoms with Gasteiger partial charge in [0, 0.05) is 6.08 Å². The molecule has 0 aliphatic heterocycles. The van der Waals surface area contributed by atoms with Crippen LogP contribution in [0.4, 0.5) is 0 Å². The molecule has 0 radical (unpaired) electrons. The highest BCUT2D eigenvalue weighted by atomic mass is 31.1. The van der Waals surface area contributed by atoms with Crippen LogP contribution in [0.15, 0.2) is 194 Å². The average Bonchev–Trinajstić information content (AvgIpc) is 3.19. The summed E-state index contributed by atoms with van der Waals surface area (Å²) in [5.41, 5.74) is 8.94. The van der Waals surface area contributed by atoms with E-state index in [1.54, 1.807) is 6.08 Å². The Bertz CT molecular complexity index is 2420. The number of benzene rings is 8. The molecule has 0 fully saturated rings. The van der Waals surface area contributed by atoms with E-state index in [0.29, 0.717) is 0 Å². The molecule has 0 unspecified atom stereocenters. The molecule has 0 saturated heterocycles. The highest BCUT2D eigenvalue weighted by molar-refractivity contribution is 7.80. The van der Waals surface area contributed by atoms with E-state index in [9.17, 15) is 4.79 Å². The third-order valence-corrected chi connectivity index (χ3v) is 14.1. The molecule has 1 amide bonds. The van der Waals surface area contributed by atoms with E-state index in [4.69, 9.17) is 5.73 Å². The molecule has 2 N–H and O–H groups in total. The molecule has 0 aliphatic rings. The summed E-state index contributed by atoms with van der Waals surface area (Å²) >= 11 is 0. The van der Waals surface area contributed by atoms with Crippen molar-refractivity contribution in [1.29, 1.82) is 0 Å².